The van der Waals surface area contributed by atoms with E-state index in [-0.39, 0.29) is 0 Å². The number of hydrogen-bond donors (Lipinski definition) is 1. The minimum atomic E-state index is -0.849. The van der Waals surface area contributed by atoms with Gasteiger partial charge in [-0.15, -0.1) is 0 Å². The summed E-state index contributed by atoms with van der Waals surface area (Å²) in [6.07, 6.45) is 1.54. The summed E-state index contributed by atoms with van der Waals surface area (Å²) in [6.45, 7) is 1.29. The summed E-state index contributed by atoms with van der Waals surface area (Å²) in [5.41, 5.74) is 1.28. The number of amides is 1. The van der Waals surface area contributed by atoms with Crippen molar-refractivity contribution in [1.29, 1.82) is 0 Å². The first-order valence-corrected chi connectivity index (χ1v) is 5.85. The van der Waals surface area contributed by atoms with Crippen molar-refractivity contribution in [2.75, 3.05) is 11.9 Å². The van der Waals surface area contributed by atoms with E-state index in [0.29, 0.717) is 5.69 Å². The molecule has 0 atom stereocenters. The van der Waals surface area contributed by atoms with Crippen molar-refractivity contribution in [2.24, 2.45) is 0 Å². The van der Waals surface area contributed by atoms with Gasteiger partial charge >= 0.3 is 0 Å². The van der Waals surface area contributed by atoms with Gasteiger partial charge in [-0.05, 0) is 31.2 Å². The second-order valence-electron chi connectivity index (χ2n) is 4.07. The van der Waals surface area contributed by atoms with Crippen LogP contribution in [0.4, 0.5) is 14.5 Å². The highest BCUT2D eigenvalue weighted by atomic mass is 19.1. The quantitative estimate of drug-likeness (QED) is 0.935. The van der Waals surface area contributed by atoms with Gasteiger partial charge in [0.05, 0.1) is 0 Å². The molecule has 1 aromatic heterocycles. The van der Waals surface area contributed by atoms with E-state index in [2.05, 4.69) is 10.3 Å². The average molecular weight is 278 g/mol. The number of benzene rings is 1. The molecular formula is C14H12F2N2O2. The number of rotatable bonds is 4. The second-order valence-corrected chi connectivity index (χ2v) is 4.07. The van der Waals surface area contributed by atoms with Crippen LogP contribution in [0.1, 0.15) is 5.69 Å². The maximum atomic E-state index is 13.3. The van der Waals surface area contributed by atoms with Crippen LogP contribution in [-0.2, 0) is 4.79 Å². The highest BCUT2D eigenvalue weighted by Gasteiger charge is 2.11. The molecule has 104 valence electrons. The number of carbonyl (C=O) groups is 1. The van der Waals surface area contributed by atoms with Crippen molar-refractivity contribution in [1.82, 2.24) is 4.98 Å². The van der Waals surface area contributed by atoms with Crippen molar-refractivity contribution in [2.45, 2.75) is 6.92 Å². The monoisotopic (exact) mass is 278 g/mol. The molecule has 1 N–H and O–H groups in total. The third-order valence-corrected chi connectivity index (χ3v) is 2.45. The molecule has 0 spiro atoms. The van der Waals surface area contributed by atoms with E-state index >= 15 is 0 Å². The van der Waals surface area contributed by atoms with Gasteiger partial charge in [0.15, 0.2) is 24.0 Å². The van der Waals surface area contributed by atoms with E-state index in [1.807, 2.05) is 0 Å². The number of aromatic nitrogens is 1. The normalized spacial score (nSPS) is 10.2. The minimum Gasteiger partial charge on any atom is -0.478 e. The van der Waals surface area contributed by atoms with Crippen LogP contribution in [0.5, 0.6) is 5.75 Å². The number of nitrogens with zero attached hydrogens (tertiary/aromatic N) is 1. The number of nitrogens with one attached hydrogen (secondary N) is 1. The molecule has 0 unspecified atom stereocenters. The molecule has 0 bridgehead atoms. The third-order valence-electron chi connectivity index (χ3n) is 2.45. The molecule has 0 fully saturated rings. The van der Waals surface area contributed by atoms with Crippen LogP contribution in [0, 0.1) is 18.6 Å². The predicted octanol–water partition coefficient (Wildman–Crippen LogP) is 2.69. The summed E-state index contributed by atoms with van der Waals surface area (Å²) in [6, 6.07) is 6.61. The van der Waals surface area contributed by atoms with Gasteiger partial charge in [0, 0.05) is 17.6 Å². The fourth-order valence-corrected chi connectivity index (χ4v) is 1.58. The summed E-state index contributed by atoms with van der Waals surface area (Å²) in [5.74, 6) is -2.78. The number of carbonyl (C=O) groups excluding carboxylic acids is 1. The molecule has 2 aromatic rings. The van der Waals surface area contributed by atoms with Gasteiger partial charge in [-0.1, -0.05) is 6.07 Å². The summed E-state index contributed by atoms with van der Waals surface area (Å²) in [7, 11) is 0. The van der Waals surface area contributed by atoms with Crippen molar-refractivity contribution < 1.29 is 18.3 Å². The number of anilines is 1. The van der Waals surface area contributed by atoms with E-state index in [4.69, 9.17) is 4.74 Å². The summed E-state index contributed by atoms with van der Waals surface area (Å²) in [5, 5.41) is 2.54. The zero-order chi connectivity index (χ0) is 14.5. The van der Waals surface area contributed by atoms with Crippen LogP contribution in [0.25, 0.3) is 0 Å². The summed E-state index contributed by atoms with van der Waals surface area (Å²) >= 11 is 0. The standard InChI is InChI=1S/C14H12F2N2O2/c1-9-7-10(5-6-17-9)18-13(19)8-20-14-11(15)3-2-4-12(14)16/h2-7H,8H2,1H3,(H,17,18,19). The lowest BCUT2D eigenvalue weighted by molar-refractivity contribution is -0.118. The van der Waals surface area contributed by atoms with E-state index in [1.54, 1.807) is 25.3 Å². The van der Waals surface area contributed by atoms with Gasteiger partial charge in [0.25, 0.3) is 5.91 Å². The smallest absolute Gasteiger partial charge is 0.262 e. The molecule has 1 amide bonds. The molecule has 4 nitrogen and oxygen atoms in total. The van der Waals surface area contributed by atoms with Crippen molar-refractivity contribution in [3.8, 4) is 5.75 Å². The maximum Gasteiger partial charge on any atom is 0.262 e. The Morgan fingerprint density at radius 2 is 2.00 bits per heavy atom. The maximum absolute atomic E-state index is 13.3. The van der Waals surface area contributed by atoms with Gasteiger partial charge in [-0.25, -0.2) is 8.78 Å². The van der Waals surface area contributed by atoms with Crippen LogP contribution < -0.4 is 10.1 Å². The second kappa shape index (κ2) is 6.10. The first-order valence-electron chi connectivity index (χ1n) is 5.85. The molecule has 20 heavy (non-hydrogen) atoms. The Morgan fingerprint density at radius 3 is 2.65 bits per heavy atom. The molecule has 1 aromatic carbocycles. The number of ether oxygens (including phenoxy) is 1. The number of halogens is 2. The fourth-order valence-electron chi connectivity index (χ4n) is 1.58. The lowest BCUT2D eigenvalue weighted by Crippen LogP contribution is -2.21. The Kier molecular flexibility index (Phi) is 4.24. The molecule has 0 radical (unpaired) electrons. The van der Waals surface area contributed by atoms with Crippen LogP contribution in [0.3, 0.4) is 0 Å². The first-order chi connectivity index (χ1) is 9.56. The lowest BCUT2D eigenvalue weighted by Gasteiger charge is -2.09. The Bertz CT molecular complexity index is 612. The van der Waals surface area contributed by atoms with Crippen LogP contribution in [0.15, 0.2) is 36.5 Å². The number of hydrogen-bond acceptors (Lipinski definition) is 3. The Balaban J connectivity index is 1.96. The minimum absolute atomic E-state index is 0.487. The molecular weight excluding hydrogens is 266 g/mol. The van der Waals surface area contributed by atoms with E-state index < -0.39 is 29.9 Å². The average Bonchev–Trinajstić information content (AvgIpc) is 2.38. The third kappa shape index (κ3) is 3.50. The van der Waals surface area contributed by atoms with E-state index in [0.717, 1.165) is 17.8 Å². The van der Waals surface area contributed by atoms with Gasteiger partial charge in [0.2, 0.25) is 0 Å². The number of pyridine rings is 1. The first kappa shape index (κ1) is 13.9. The summed E-state index contributed by atoms with van der Waals surface area (Å²) < 4.78 is 31.4. The Labute approximate surface area is 114 Å². The van der Waals surface area contributed by atoms with Crippen LogP contribution >= 0.6 is 0 Å². The predicted molar refractivity (Wildman–Crippen MR) is 69.5 cm³/mol. The van der Waals surface area contributed by atoms with Gasteiger partial charge < -0.3 is 10.1 Å². The molecule has 0 aliphatic rings. The topological polar surface area (TPSA) is 51.2 Å². The Morgan fingerprint density at radius 1 is 1.30 bits per heavy atom. The molecule has 0 aliphatic carbocycles. The molecule has 0 saturated carbocycles. The van der Waals surface area contributed by atoms with Gasteiger partial charge in [-0.3, -0.25) is 9.78 Å². The zero-order valence-electron chi connectivity index (χ0n) is 10.7. The van der Waals surface area contributed by atoms with Crippen LogP contribution in [0.2, 0.25) is 0 Å². The molecule has 0 aliphatic heterocycles. The fraction of sp³-hybridized carbons (Fsp3) is 0.143. The highest BCUT2D eigenvalue weighted by molar-refractivity contribution is 5.91. The summed E-state index contributed by atoms with van der Waals surface area (Å²) in [4.78, 5) is 15.6. The Hall–Kier alpha value is -2.50. The van der Waals surface area contributed by atoms with Crippen LogP contribution in [-0.4, -0.2) is 17.5 Å². The lowest BCUT2D eigenvalue weighted by atomic mass is 10.3. The van der Waals surface area contributed by atoms with Gasteiger partial charge in [-0.2, -0.15) is 0 Å². The molecule has 2 rings (SSSR count). The van der Waals surface area contributed by atoms with Gasteiger partial charge in [0.1, 0.15) is 0 Å². The molecule has 1 heterocycles. The largest absolute Gasteiger partial charge is 0.478 e. The SMILES string of the molecule is Cc1cc(NC(=O)COc2c(F)cccc2F)ccn1. The van der Waals surface area contributed by atoms with E-state index in [1.165, 1.54) is 6.07 Å². The zero-order valence-corrected chi connectivity index (χ0v) is 10.7. The molecule has 6 heteroatoms. The van der Waals surface area contributed by atoms with E-state index in [9.17, 15) is 13.6 Å². The highest BCUT2D eigenvalue weighted by Crippen LogP contribution is 2.20. The van der Waals surface area contributed by atoms with Crippen molar-refractivity contribution in [3.63, 3.8) is 0 Å². The van der Waals surface area contributed by atoms with Crippen molar-refractivity contribution >= 4 is 11.6 Å². The number of aryl methyl sites for hydroxylation is 1. The number of para-hydroxylation sites is 1. The van der Waals surface area contributed by atoms with Crippen molar-refractivity contribution in [3.05, 3.63) is 53.9 Å². The molecule has 0 saturated heterocycles.